The molecular weight excluding hydrogens is 372 g/mol. The summed E-state index contributed by atoms with van der Waals surface area (Å²) in [7, 11) is 0. The minimum Gasteiger partial charge on any atom is -0.481 e. The lowest BCUT2D eigenvalue weighted by molar-refractivity contribution is -0.140. The first-order chi connectivity index (χ1) is 14.1. The third kappa shape index (κ3) is 4.38. The van der Waals surface area contributed by atoms with Crippen molar-refractivity contribution in [3.63, 3.8) is 0 Å². The number of aliphatic hydroxyl groups is 1. The number of ether oxygens (including phenoxy) is 2. The van der Waals surface area contributed by atoms with Gasteiger partial charge in [0, 0.05) is 19.7 Å². The highest BCUT2D eigenvalue weighted by Crippen LogP contribution is 2.25. The molecule has 1 aliphatic rings. The maximum atomic E-state index is 12.5. The van der Waals surface area contributed by atoms with E-state index in [-0.39, 0.29) is 25.2 Å². The van der Waals surface area contributed by atoms with Gasteiger partial charge in [-0.25, -0.2) is 0 Å². The predicted molar refractivity (Wildman–Crippen MR) is 107 cm³/mol. The molecule has 0 bridgehead atoms. The van der Waals surface area contributed by atoms with Crippen LogP contribution < -0.4 is 4.74 Å². The van der Waals surface area contributed by atoms with Crippen molar-refractivity contribution in [2.24, 2.45) is 0 Å². The Bertz CT molecular complexity index is 970. The predicted octanol–water partition coefficient (Wildman–Crippen LogP) is 1.58. The van der Waals surface area contributed by atoms with E-state index in [1.54, 1.807) is 11.0 Å². The quantitative estimate of drug-likeness (QED) is 0.681. The van der Waals surface area contributed by atoms with E-state index in [4.69, 9.17) is 9.47 Å². The van der Waals surface area contributed by atoms with E-state index in [2.05, 4.69) is 10.2 Å². The summed E-state index contributed by atoms with van der Waals surface area (Å²) < 4.78 is 11.4. The molecule has 2 heterocycles. The van der Waals surface area contributed by atoms with Crippen LogP contribution >= 0.6 is 0 Å². The number of nitrogens with zero attached hydrogens (tertiary/aromatic N) is 4. The van der Waals surface area contributed by atoms with Crippen LogP contribution in [0, 0.1) is 0 Å². The highest BCUT2D eigenvalue weighted by molar-refractivity contribution is 5.78. The van der Waals surface area contributed by atoms with Crippen molar-refractivity contribution in [2.75, 3.05) is 32.9 Å². The van der Waals surface area contributed by atoms with Gasteiger partial charge in [0.25, 0.3) is 5.91 Å². The molecule has 1 amide bonds. The zero-order valence-corrected chi connectivity index (χ0v) is 16.3. The third-order valence-corrected chi connectivity index (χ3v) is 4.87. The first-order valence-electron chi connectivity index (χ1n) is 9.72. The summed E-state index contributed by atoms with van der Waals surface area (Å²) in [5.41, 5.74) is 3.11. The van der Waals surface area contributed by atoms with Gasteiger partial charge in [0.15, 0.2) is 6.61 Å². The van der Waals surface area contributed by atoms with Gasteiger partial charge in [0.1, 0.15) is 22.5 Å². The first-order valence-corrected chi connectivity index (χ1v) is 9.72. The van der Waals surface area contributed by atoms with Gasteiger partial charge in [-0.15, -0.1) is 15.0 Å². The second-order valence-electron chi connectivity index (χ2n) is 7.06. The van der Waals surface area contributed by atoms with Gasteiger partial charge in [-0.2, -0.15) is 0 Å². The molecule has 1 N–H and O–H groups in total. The topological polar surface area (TPSA) is 89.7 Å². The standard InChI is InChI=1S/C21H24N4O4/c1-15-13-24(9-11-28-15)21(27)14-29-20-7-6-16(8-10-26)12-19(20)25-22-17-4-2-3-5-18(17)23-25/h2-7,12,15,26H,8-11,13-14H2,1H3. The molecule has 1 unspecified atom stereocenters. The number of morpholine rings is 1. The lowest BCUT2D eigenvalue weighted by Gasteiger charge is -2.31. The van der Waals surface area contributed by atoms with E-state index in [0.717, 1.165) is 16.6 Å². The Hall–Kier alpha value is -2.97. The number of carbonyl (C=O) groups is 1. The maximum absolute atomic E-state index is 12.5. The molecule has 0 saturated carbocycles. The molecule has 152 valence electrons. The number of hydrogen-bond donors (Lipinski definition) is 1. The van der Waals surface area contributed by atoms with Gasteiger partial charge in [0.05, 0.1) is 12.7 Å². The van der Waals surface area contributed by atoms with Crippen LogP contribution in [0.5, 0.6) is 5.75 Å². The zero-order chi connectivity index (χ0) is 20.2. The van der Waals surface area contributed by atoms with E-state index in [9.17, 15) is 9.90 Å². The van der Waals surface area contributed by atoms with Gasteiger partial charge in [0.2, 0.25) is 0 Å². The molecule has 3 aromatic rings. The Kier molecular flexibility index (Phi) is 5.73. The van der Waals surface area contributed by atoms with Gasteiger partial charge >= 0.3 is 0 Å². The van der Waals surface area contributed by atoms with Crippen LogP contribution in [0.1, 0.15) is 12.5 Å². The fourth-order valence-corrected chi connectivity index (χ4v) is 3.37. The minimum absolute atomic E-state index is 0.0294. The summed E-state index contributed by atoms with van der Waals surface area (Å²) in [6.07, 6.45) is 0.542. The molecule has 4 rings (SSSR count). The van der Waals surface area contributed by atoms with Crippen molar-refractivity contribution in [2.45, 2.75) is 19.4 Å². The van der Waals surface area contributed by atoms with Gasteiger partial charge in [-0.05, 0) is 43.2 Å². The Morgan fingerprint density at radius 3 is 2.69 bits per heavy atom. The summed E-state index contributed by atoms with van der Waals surface area (Å²) in [6, 6.07) is 13.1. The third-order valence-electron chi connectivity index (χ3n) is 4.87. The fraction of sp³-hybridized carbons (Fsp3) is 0.381. The number of aromatic nitrogens is 3. The van der Waals surface area contributed by atoms with Crippen molar-refractivity contribution in [3.05, 3.63) is 48.0 Å². The summed E-state index contributed by atoms with van der Waals surface area (Å²) >= 11 is 0. The van der Waals surface area contributed by atoms with E-state index >= 15 is 0 Å². The van der Waals surface area contributed by atoms with E-state index < -0.39 is 0 Å². The van der Waals surface area contributed by atoms with Crippen molar-refractivity contribution in [3.8, 4) is 11.4 Å². The first kappa shape index (κ1) is 19.4. The molecule has 1 saturated heterocycles. The second kappa shape index (κ2) is 8.59. The van der Waals surface area contributed by atoms with Crippen LogP contribution in [0.3, 0.4) is 0 Å². The molecule has 1 fully saturated rings. The highest BCUT2D eigenvalue weighted by atomic mass is 16.5. The smallest absolute Gasteiger partial charge is 0.260 e. The van der Waals surface area contributed by atoms with Crippen molar-refractivity contribution >= 4 is 16.9 Å². The van der Waals surface area contributed by atoms with Crippen LogP contribution in [0.25, 0.3) is 16.7 Å². The lowest BCUT2D eigenvalue weighted by Crippen LogP contribution is -2.46. The second-order valence-corrected chi connectivity index (χ2v) is 7.06. The molecule has 1 aliphatic heterocycles. The number of carbonyl (C=O) groups excluding carboxylic acids is 1. The number of fused-ring (bicyclic) bond motifs is 1. The largest absolute Gasteiger partial charge is 0.481 e. The van der Waals surface area contributed by atoms with E-state index in [1.165, 1.54) is 4.80 Å². The average Bonchev–Trinajstić information content (AvgIpc) is 3.17. The monoisotopic (exact) mass is 396 g/mol. The number of rotatable bonds is 6. The zero-order valence-electron chi connectivity index (χ0n) is 16.3. The van der Waals surface area contributed by atoms with Crippen molar-refractivity contribution < 1.29 is 19.4 Å². The molecule has 8 nitrogen and oxygen atoms in total. The summed E-state index contributed by atoms with van der Waals surface area (Å²) in [4.78, 5) is 15.8. The van der Waals surface area contributed by atoms with Crippen LogP contribution in [-0.4, -0.2) is 69.9 Å². The number of amides is 1. The molecule has 1 atom stereocenters. The Morgan fingerprint density at radius 1 is 1.24 bits per heavy atom. The fourth-order valence-electron chi connectivity index (χ4n) is 3.37. The van der Waals surface area contributed by atoms with Crippen LogP contribution in [-0.2, 0) is 16.0 Å². The number of benzene rings is 2. The number of hydrogen-bond acceptors (Lipinski definition) is 6. The van der Waals surface area contributed by atoms with Gasteiger partial charge < -0.3 is 19.5 Å². The molecule has 0 radical (unpaired) electrons. The Balaban J connectivity index is 1.58. The molecule has 2 aromatic carbocycles. The van der Waals surface area contributed by atoms with Gasteiger partial charge in [-0.1, -0.05) is 18.2 Å². The number of aliphatic hydroxyl groups excluding tert-OH is 1. The molecule has 0 aliphatic carbocycles. The lowest BCUT2D eigenvalue weighted by atomic mass is 10.1. The van der Waals surface area contributed by atoms with Crippen LogP contribution in [0.15, 0.2) is 42.5 Å². The Morgan fingerprint density at radius 2 is 2.00 bits per heavy atom. The molecule has 8 heteroatoms. The minimum atomic E-state index is -0.0795. The average molecular weight is 396 g/mol. The van der Waals surface area contributed by atoms with Crippen LogP contribution in [0.4, 0.5) is 0 Å². The van der Waals surface area contributed by atoms with Gasteiger partial charge in [-0.3, -0.25) is 4.79 Å². The summed E-state index contributed by atoms with van der Waals surface area (Å²) in [5.74, 6) is 0.436. The van der Waals surface area contributed by atoms with Crippen molar-refractivity contribution in [1.29, 1.82) is 0 Å². The molecule has 29 heavy (non-hydrogen) atoms. The van der Waals surface area contributed by atoms with E-state index in [0.29, 0.717) is 37.6 Å². The Labute approximate surface area is 168 Å². The molecule has 0 spiro atoms. The molecular formula is C21H24N4O4. The summed E-state index contributed by atoms with van der Waals surface area (Å²) in [5, 5.41) is 18.3. The van der Waals surface area contributed by atoms with E-state index in [1.807, 2.05) is 43.3 Å². The summed E-state index contributed by atoms with van der Waals surface area (Å²) in [6.45, 7) is 3.60. The van der Waals surface area contributed by atoms with Crippen molar-refractivity contribution in [1.82, 2.24) is 19.9 Å². The normalized spacial score (nSPS) is 16.9. The molecule has 1 aromatic heterocycles. The highest BCUT2D eigenvalue weighted by Gasteiger charge is 2.22. The van der Waals surface area contributed by atoms with Crippen LogP contribution in [0.2, 0.25) is 0 Å². The SMILES string of the molecule is CC1CN(C(=O)COc2ccc(CCO)cc2-n2nc3ccccc3n2)CCO1. The maximum Gasteiger partial charge on any atom is 0.260 e.